The predicted octanol–water partition coefficient (Wildman–Crippen LogP) is -0.836. The van der Waals surface area contributed by atoms with E-state index in [1.54, 1.807) is 0 Å². The van der Waals surface area contributed by atoms with Crippen molar-refractivity contribution in [3.05, 3.63) is 0 Å². The number of esters is 1. The number of hydrogen-bond acceptors (Lipinski definition) is 5. The van der Waals surface area contributed by atoms with Gasteiger partial charge in [0.15, 0.2) is 12.7 Å². The highest BCUT2D eigenvalue weighted by atomic mass is 16.6. The van der Waals surface area contributed by atoms with Gasteiger partial charge in [-0.2, -0.15) is 0 Å². The summed E-state index contributed by atoms with van der Waals surface area (Å²) < 4.78 is 9.74. The fourth-order valence-electron chi connectivity index (χ4n) is 1.22. The predicted molar refractivity (Wildman–Crippen MR) is 52.5 cm³/mol. The van der Waals surface area contributed by atoms with Gasteiger partial charge in [-0.05, 0) is 12.8 Å². The molecule has 7 heteroatoms. The Morgan fingerprint density at radius 2 is 2.19 bits per heavy atom. The van der Waals surface area contributed by atoms with Crippen LogP contribution in [0, 0.1) is 0 Å². The molecule has 0 aromatic carbocycles. The molecule has 0 aromatic rings. The molecule has 0 aliphatic carbocycles. The highest BCUT2D eigenvalue weighted by molar-refractivity contribution is 5.95. The molecule has 16 heavy (non-hydrogen) atoms. The van der Waals surface area contributed by atoms with Crippen LogP contribution in [-0.2, 0) is 19.1 Å². The van der Waals surface area contributed by atoms with E-state index in [1.807, 2.05) is 5.32 Å². The van der Waals surface area contributed by atoms with E-state index in [-0.39, 0.29) is 0 Å². The third-order valence-electron chi connectivity index (χ3n) is 2.02. The van der Waals surface area contributed by atoms with Crippen LogP contribution in [-0.4, -0.2) is 44.3 Å². The van der Waals surface area contributed by atoms with Crippen LogP contribution in [0.4, 0.5) is 4.79 Å². The second-order valence-electron chi connectivity index (χ2n) is 3.24. The van der Waals surface area contributed by atoms with E-state index in [2.05, 4.69) is 10.1 Å². The average Bonchev–Trinajstić information content (AvgIpc) is 2.79. The fourth-order valence-corrected chi connectivity index (χ4v) is 1.22. The topological polar surface area (TPSA) is 93.7 Å². The van der Waals surface area contributed by atoms with Crippen LogP contribution in [0.3, 0.4) is 0 Å². The van der Waals surface area contributed by atoms with Crippen molar-refractivity contribution in [2.75, 3.05) is 20.3 Å². The average molecular weight is 230 g/mol. The molecule has 1 rings (SSSR count). The summed E-state index contributed by atoms with van der Waals surface area (Å²) in [5.74, 6) is -1.24. The normalized spacial score (nSPS) is 18.9. The van der Waals surface area contributed by atoms with Gasteiger partial charge in [0.25, 0.3) is 5.91 Å². The Labute approximate surface area is 92.5 Å². The van der Waals surface area contributed by atoms with Crippen LogP contribution in [0.15, 0.2) is 0 Å². The summed E-state index contributed by atoms with van der Waals surface area (Å²) in [7, 11) is 1.38. The molecule has 1 aliphatic rings. The van der Waals surface area contributed by atoms with E-state index in [0.29, 0.717) is 13.0 Å². The van der Waals surface area contributed by atoms with Crippen molar-refractivity contribution in [2.45, 2.75) is 18.9 Å². The van der Waals surface area contributed by atoms with Gasteiger partial charge in [-0.1, -0.05) is 0 Å². The summed E-state index contributed by atoms with van der Waals surface area (Å²) in [5, 5.41) is 4.17. The lowest BCUT2D eigenvalue weighted by molar-refractivity contribution is -0.157. The molecule has 1 saturated heterocycles. The molecule has 0 radical (unpaired) electrons. The van der Waals surface area contributed by atoms with Crippen molar-refractivity contribution in [3.63, 3.8) is 0 Å². The van der Waals surface area contributed by atoms with Crippen LogP contribution in [0.25, 0.3) is 0 Å². The summed E-state index contributed by atoms with van der Waals surface area (Å²) in [6, 6.07) is -0.641. The van der Waals surface area contributed by atoms with Crippen LogP contribution in [0.2, 0.25) is 0 Å². The van der Waals surface area contributed by atoms with Crippen molar-refractivity contribution in [2.24, 2.45) is 0 Å². The van der Waals surface area contributed by atoms with E-state index < -0.39 is 30.6 Å². The second kappa shape index (κ2) is 6.06. The first-order valence-electron chi connectivity index (χ1n) is 4.93. The quantitative estimate of drug-likeness (QED) is 0.617. The maximum absolute atomic E-state index is 11.3. The number of rotatable bonds is 3. The van der Waals surface area contributed by atoms with E-state index in [1.165, 1.54) is 7.05 Å². The van der Waals surface area contributed by atoms with E-state index in [4.69, 9.17) is 4.74 Å². The molecule has 90 valence electrons. The maximum Gasteiger partial charge on any atom is 0.335 e. The number of carbonyl (C=O) groups is 3. The first-order valence-corrected chi connectivity index (χ1v) is 4.93. The van der Waals surface area contributed by atoms with Crippen molar-refractivity contribution < 1.29 is 23.9 Å². The lowest BCUT2D eigenvalue weighted by Crippen LogP contribution is -2.40. The van der Waals surface area contributed by atoms with Gasteiger partial charge < -0.3 is 14.8 Å². The van der Waals surface area contributed by atoms with E-state index >= 15 is 0 Å². The number of amides is 3. The Bertz CT molecular complexity index is 286. The summed E-state index contributed by atoms with van der Waals surface area (Å²) in [6.45, 7) is 0.0519. The Hall–Kier alpha value is -1.63. The standard InChI is InChI=1S/C9H14N2O5/c1-10-9(14)11-7(12)5-16-8(13)6-3-2-4-15-6/h6H,2-5H2,1H3,(H2,10,11,12,14)/t6-/m0/s1. The summed E-state index contributed by atoms with van der Waals surface area (Å²) >= 11 is 0. The molecule has 3 amide bonds. The highest BCUT2D eigenvalue weighted by Crippen LogP contribution is 2.12. The Morgan fingerprint density at radius 3 is 2.75 bits per heavy atom. The highest BCUT2D eigenvalue weighted by Gasteiger charge is 2.25. The zero-order chi connectivity index (χ0) is 12.0. The molecule has 0 spiro atoms. The summed E-state index contributed by atoms with van der Waals surface area (Å²) in [5.41, 5.74) is 0. The van der Waals surface area contributed by atoms with Crippen LogP contribution in [0.5, 0.6) is 0 Å². The molecule has 1 aliphatic heterocycles. The largest absolute Gasteiger partial charge is 0.454 e. The van der Waals surface area contributed by atoms with Gasteiger partial charge in [-0.3, -0.25) is 10.1 Å². The van der Waals surface area contributed by atoms with Gasteiger partial charge in [0.2, 0.25) is 0 Å². The number of carbonyl (C=O) groups excluding carboxylic acids is 3. The van der Waals surface area contributed by atoms with Gasteiger partial charge in [0, 0.05) is 13.7 Å². The number of urea groups is 1. The molecule has 1 atom stereocenters. The number of nitrogens with one attached hydrogen (secondary N) is 2. The van der Waals surface area contributed by atoms with Gasteiger partial charge in [-0.25, -0.2) is 9.59 Å². The molecule has 2 N–H and O–H groups in total. The van der Waals surface area contributed by atoms with Crippen molar-refractivity contribution in [3.8, 4) is 0 Å². The van der Waals surface area contributed by atoms with Crippen molar-refractivity contribution >= 4 is 17.9 Å². The summed E-state index contributed by atoms with van der Waals surface area (Å²) in [6.07, 6.45) is 0.841. The summed E-state index contributed by atoms with van der Waals surface area (Å²) in [4.78, 5) is 33.0. The molecular formula is C9H14N2O5. The van der Waals surface area contributed by atoms with Gasteiger partial charge >= 0.3 is 12.0 Å². The first kappa shape index (κ1) is 12.4. The number of imide groups is 1. The minimum absolute atomic E-state index is 0.480. The Morgan fingerprint density at radius 1 is 1.44 bits per heavy atom. The lowest BCUT2D eigenvalue weighted by Gasteiger charge is -2.09. The zero-order valence-corrected chi connectivity index (χ0v) is 8.95. The molecule has 0 saturated carbocycles. The van der Waals surface area contributed by atoms with Crippen molar-refractivity contribution in [1.82, 2.24) is 10.6 Å². The van der Waals surface area contributed by atoms with Crippen LogP contribution in [0.1, 0.15) is 12.8 Å². The second-order valence-corrected chi connectivity index (χ2v) is 3.24. The van der Waals surface area contributed by atoms with E-state index in [9.17, 15) is 14.4 Å². The smallest absolute Gasteiger partial charge is 0.335 e. The maximum atomic E-state index is 11.3. The SMILES string of the molecule is CNC(=O)NC(=O)COC(=O)[C@@H]1CCCO1. The minimum Gasteiger partial charge on any atom is -0.454 e. The van der Waals surface area contributed by atoms with Gasteiger partial charge in [0.05, 0.1) is 0 Å². The number of ether oxygens (including phenoxy) is 2. The Balaban J connectivity index is 2.20. The molecule has 0 aromatic heterocycles. The molecule has 7 nitrogen and oxygen atoms in total. The van der Waals surface area contributed by atoms with Crippen LogP contribution < -0.4 is 10.6 Å². The van der Waals surface area contributed by atoms with Crippen molar-refractivity contribution in [1.29, 1.82) is 0 Å². The third kappa shape index (κ3) is 3.85. The molecule has 0 bridgehead atoms. The fraction of sp³-hybridized carbons (Fsp3) is 0.667. The molecular weight excluding hydrogens is 216 g/mol. The molecule has 1 fully saturated rings. The number of hydrogen-bond donors (Lipinski definition) is 2. The minimum atomic E-state index is -0.675. The first-order chi connectivity index (χ1) is 7.63. The molecule has 1 heterocycles. The van der Waals surface area contributed by atoms with E-state index in [0.717, 1.165) is 6.42 Å². The Kier molecular flexibility index (Phi) is 4.71. The van der Waals surface area contributed by atoms with Crippen LogP contribution >= 0.6 is 0 Å². The molecule has 0 unspecified atom stereocenters. The zero-order valence-electron chi connectivity index (χ0n) is 8.95. The monoisotopic (exact) mass is 230 g/mol. The lowest BCUT2D eigenvalue weighted by atomic mass is 10.2. The van der Waals surface area contributed by atoms with Gasteiger partial charge in [0.1, 0.15) is 0 Å². The third-order valence-corrected chi connectivity index (χ3v) is 2.02. The van der Waals surface area contributed by atoms with Gasteiger partial charge in [-0.15, -0.1) is 0 Å².